The van der Waals surface area contributed by atoms with Gasteiger partial charge in [0.2, 0.25) is 5.89 Å². The van der Waals surface area contributed by atoms with Crippen LogP contribution in [0.1, 0.15) is 45.8 Å². The second-order valence-electron chi connectivity index (χ2n) is 4.57. The van der Waals surface area contributed by atoms with E-state index in [-0.39, 0.29) is 5.54 Å². The van der Waals surface area contributed by atoms with Crippen LogP contribution in [-0.2, 0) is 13.0 Å². The van der Waals surface area contributed by atoms with Crippen molar-refractivity contribution >= 4 is 0 Å². The van der Waals surface area contributed by atoms with Gasteiger partial charge in [0, 0.05) is 12.0 Å². The van der Waals surface area contributed by atoms with Gasteiger partial charge in [0.05, 0.1) is 12.7 Å². The minimum atomic E-state index is 0.111. The highest BCUT2D eigenvalue weighted by atomic mass is 16.4. The van der Waals surface area contributed by atoms with E-state index in [0.717, 1.165) is 24.5 Å². The molecule has 1 N–H and O–H groups in total. The van der Waals surface area contributed by atoms with Gasteiger partial charge in [0.25, 0.3) is 0 Å². The first-order valence-corrected chi connectivity index (χ1v) is 5.20. The fourth-order valence-electron chi connectivity index (χ4n) is 1.13. The molecular formula is C11H20N2O. The third-order valence-electron chi connectivity index (χ3n) is 1.87. The van der Waals surface area contributed by atoms with Crippen molar-refractivity contribution in [3.63, 3.8) is 0 Å². The molecule has 1 rings (SSSR count). The number of hydrogen-bond acceptors (Lipinski definition) is 3. The molecule has 0 amide bonds. The lowest BCUT2D eigenvalue weighted by Crippen LogP contribution is -2.35. The molecule has 1 heterocycles. The molecule has 0 aliphatic heterocycles. The van der Waals surface area contributed by atoms with Crippen LogP contribution in [0.3, 0.4) is 0 Å². The Morgan fingerprint density at radius 3 is 2.71 bits per heavy atom. The standard InChI is InChI=1S/C11H20N2O/c1-5-6-9-7-12-10(14-9)8-13-11(2,3)4/h7,13H,5-6,8H2,1-4H3. The second-order valence-corrected chi connectivity index (χ2v) is 4.57. The van der Waals surface area contributed by atoms with E-state index in [1.165, 1.54) is 0 Å². The number of nitrogens with one attached hydrogen (secondary N) is 1. The van der Waals surface area contributed by atoms with E-state index in [0.29, 0.717) is 6.54 Å². The first-order chi connectivity index (χ1) is 6.51. The number of aromatic nitrogens is 1. The Bertz CT molecular complexity index is 273. The predicted molar refractivity (Wildman–Crippen MR) is 57.1 cm³/mol. The molecule has 1 aromatic rings. The average Bonchev–Trinajstić information content (AvgIpc) is 2.49. The van der Waals surface area contributed by atoms with E-state index in [1.807, 2.05) is 6.20 Å². The summed E-state index contributed by atoms with van der Waals surface area (Å²) >= 11 is 0. The van der Waals surface area contributed by atoms with E-state index in [2.05, 4.69) is 38.0 Å². The van der Waals surface area contributed by atoms with Crippen molar-refractivity contribution in [1.82, 2.24) is 10.3 Å². The summed E-state index contributed by atoms with van der Waals surface area (Å²) in [6, 6.07) is 0. The molecule has 3 heteroatoms. The Hall–Kier alpha value is -0.830. The van der Waals surface area contributed by atoms with Gasteiger partial charge in [-0.25, -0.2) is 4.98 Å². The van der Waals surface area contributed by atoms with Crippen molar-refractivity contribution in [3.05, 3.63) is 17.8 Å². The normalized spacial score (nSPS) is 12.0. The van der Waals surface area contributed by atoms with Crippen molar-refractivity contribution in [2.24, 2.45) is 0 Å². The molecule has 0 unspecified atom stereocenters. The molecule has 80 valence electrons. The fourth-order valence-corrected chi connectivity index (χ4v) is 1.13. The summed E-state index contributed by atoms with van der Waals surface area (Å²) in [4.78, 5) is 4.21. The predicted octanol–water partition coefficient (Wildman–Crippen LogP) is 2.52. The quantitative estimate of drug-likeness (QED) is 0.804. The van der Waals surface area contributed by atoms with Crippen LogP contribution >= 0.6 is 0 Å². The van der Waals surface area contributed by atoms with E-state index in [9.17, 15) is 0 Å². The molecule has 0 saturated carbocycles. The van der Waals surface area contributed by atoms with E-state index < -0.39 is 0 Å². The van der Waals surface area contributed by atoms with Crippen molar-refractivity contribution in [2.75, 3.05) is 0 Å². The van der Waals surface area contributed by atoms with Gasteiger partial charge in [0.1, 0.15) is 5.76 Å². The summed E-state index contributed by atoms with van der Waals surface area (Å²) in [6.07, 6.45) is 3.90. The zero-order valence-corrected chi connectivity index (χ0v) is 9.55. The molecule has 0 aliphatic carbocycles. The summed E-state index contributed by atoms with van der Waals surface area (Å²) in [5.74, 6) is 1.77. The molecule has 1 aromatic heterocycles. The van der Waals surface area contributed by atoms with Crippen LogP contribution in [0, 0.1) is 0 Å². The van der Waals surface area contributed by atoms with Crippen LogP contribution < -0.4 is 5.32 Å². The molecule has 0 saturated heterocycles. The first kappa shape index (κ1) is 11.2. The second kappa shape index (κ2) is 4.60. The Morgan fingerprint density at radius 1 is 1.43 bits per heavy atom. The highest BCUT2D eigenvalue weighted by Gasteiger charge is 2.10. The topological polar surface area (TPSA) is 38.1 Å². The van der Waals surface area contributed by atoms with Gasteiger partial charge >= 0.3 is 0 Å². The SMILES string of the molecule is CCCc1cnc(CNC(C)(C)C)o1. The van der Waals surface area contributed by atoms with Crippen LogP contribution in [0.15, 0.2) is 10.6 Å². The molecule has 3 nitrogen and oxygen atoms in total. The van der Waals surface area contributed by atoms with Gasteiger partial charge in [0.15, 0.2) is 0 Å². The molecule has 0 aromatic carbocycles. The number of nitrogens with zero attached hydrogens (tertiary/aromatic N) is 1. The molecule has 0 bridgehead atoms. The Labute approximate surface area is 85.9 Å². The van der Waals surface area contributed by atoms with Gasteiger partial charge in [-0.3, -0.25) is 0 Å². The van der Waals surface area contributed by atoms with Crippen LogP contribution in [-0.4, -0.2) is 10.5 Å². The maximum absolute atomic E-state index is 5.55. The number of hydrogen-bond donors (Lipinski definition) is 1. The largest absolute Gasteiger partial charge is 0.444 e. The van der Waals surface area contributed by atoms with Gasteiger partial charge in [-0.2, -0.15) is 0 Å². The Balaban J connectivity index is 2.44. The summed E-state index contributed by atoms with van der Waals surface area (Å²) in [5, 5.41) is 3.34. The first-order valence-electron chi connectivity index (χ1n) is 5.20. The molecule has 14 heavy (non-hydrogen) atoms. The highest BCUT2D eigenvalue weighted by molar-refractivity contribution is 4.94. The van der Waals surface area contributed by atoms with Crippen LogP contribution in [0.25, 0.3) is 0 Å². The molecule has 0 spiro atoms. The minimum Gasteiger partial charge on any atom is -0.444 e. The van der Waals surface area contributed by atoms with Crippen LogP contribution in [0.2, 0.25) is 0 Å². The van der Waals surface area contributed by atoms with Gasteiger partial charge in [-0.1, -0.05) is 6.92 Å². The minimum absolute atomic E-state index is 0.111. The number of aryl methyl sites for hydroxylation is 1. The van der Waals surface area contributed by atoms with Crippen LogP contribution in [0.4, 0.5) is 0 Å². The third kappa shape index (κ3) is 3.92. The Kier molecular flexibility index (Phi) is 3.69. The monoisotopic (exact) mass is 196 g/mol. The van der Waals surface area contributed by atoms with Gasteiger partial charge in [-0.05, 0) is 27.2 Å². The Morgan fingerprint density at radius 2 is 2.14 bits per heavy atom. The molecule has 0 fully saturated rings. The lowest BCUT2D eigenvalue weighted by Gasteiger charge is -2.18. The average molecular weight is 196 g/mol. The number of rotatable bonds is 4. The maximum atomic E-state index is 5.55. The zero-order valence-electron chi connectivity index (χ0n) is 9.55. The summed E-state index contributed by atoms with van der Waals surface area (Å²) in [6.45, 7) is 9.22. The van der Waals surface area contributed by atoms with Crippen molar-refractivity contribution in [1.29, 1.82) is 0 Å². The maximum Gasteiger partial charge on any atom is 0.208 e. The third-order valence-corrected chi connectivity index (χ3v) is 1.87. The lowest BCUT2D eigenvalue weighted by molar-refractivity contribution is 0.371. The number of oxazole rings is 1. The summed E-state index contributed by atoms with van der Waals surface area (Å²) in [7, 11) is 0. The van der Waals surface area contributed by atoms with Gasteiger partial charge in [-0.15, -0.1) is 0 Å². The fraction of sp³-hybridized carbons (Fsp3) is 0.727. The van der Waals surface area contributed by atoms with E-state index >= 15 is 0 Å². The van der Waals surface area contributed by atoms with Crippen molar-refractivity contribution < 1.29 is 4.42 Å². The smallest absolute Gasteiger partial charge is 0.208 e. The molecular weight excluding hydrogens is 176 g/mol. The molecule has 0 radical (unpaired) electrons. The molecule has 0 aliphatic rings. The van der Waals surface area contributed by atoms with Crippen LogP contribution in [0.5, 0.6) is 0 Å². The van der Waals surface area contributed by atoms with E-state index in [1.54, 1.807) is 0 Å². The van der Waals surface area contributed by atoms with E-state index in [4.69, 9.17) is 4.42 Å². The van der Waals surface area contributed by atoms with Crippen molar-refractivity contribution in [2.45, 2.75) is 52.6 Å². The summed E-state index contributed by atoms with van der Waals surface area (Å²) < 4.78 is 5.55. The highest BCUT2D eigenvalue weighted by Crippen LogP contribution is 2.07. The van der Waals surface area contributed by atoms with Crippen molar-refractivity contribution in [3.8, 4) is 0 Å². The molecule has 0 atom stereocenters. The summed E-state index contributed by atoms with van der Waals surface area (Å²) in [5.41, 5.74) is 0.111. The zero-order chi connectivity index (χ0) is 10.6. The van der Waals surface area contributed by atoms with Gasteiger partial charge < -0.3 is 9.73 Å². The lowest BCUT2D eigenvalue weighted by atomic mass is 10.1.